The number of rotatable bonds is 8. The lowest BCUT2D eigenvalue weighted by Gasteiger charge is -2.28. The number of ether oxygens (including phenoxy) is 1. The molecule has 0 unspecified atom stereocenters. The fraction of sp³-hybridized carbons (Fsp3) is 0.550. The van der Waals surface area contributed by atoms with Gasteiger partial charge in [0.2, 0.25) is 11.9 Å². The van der Waals surface area contributed by atoms with Gasteiger partial charge in [-0.2, -0.15) is 0 Å². The van der Waals surface area contributed by atoms with Crippen molar-refractivity contribution >= 4 is 29.3 Å². The summed E-state index contributed by atoms with van der Waals surface area (Å²) in [6.07, 6.45) is 0.884. The monoisotopic (exact) mass is 403 g/mol. The van der Waals surface area contributed by atoms with Crippen LogP contribution in [-0.4, -0.2) is 52.7 Å². The summed E-state index contributed by atoms with van der Waals surface area (Å²) in [5.41, 5.74) is 2.02. The number of aromatic nitrogens is 3. The van der Waals surface area contributed by atoms with E-state index in [0.717, 1.165) is 48.4 Å². The summed E-state index contributed by atoms with van der Waals surface area (Å²) in [4.78, 5) is 14.7. The summed E-state index contributed by atoms with van der Waals surface area (Å²) in [6.45, 7) is 10.3. The van der Waals surface area contributed by atoms with Gasteiger partial charge in [0.1, 0.15) is 0 Å². The minimum Gasteiger partial charge on any atom is -0.378 e. The van der Waals surface area contributed by atoms with E-state index < -0.39 is 0 Å². The van der Waals surface area contributed by atoms with Crippen LogP contribution in [0.3, 0.4) is 0 Å². The molecule has 2 heterocycles. The van der Waals surface area contributed by atoms with Crippen molar-refractivity contribution in [3.63, 3.8) is 0 Å². The van der Waals surface area contributed by atoms with Gasteiger partial charge in [0.05, 0.1) is 19.0 Å². The second-order valence-electron chi connectivity index (χ2n) is 7.23. The summed E-state index contributed by atoms with van der Waals surface area (Å²) < 4.78 is 7.58. The molecule has 0 atom stereocenters. The minimum absolute atomic E-state index is 0.0297. The predicted molar refractivity (Wildman–Crippen MR) is 113 cm³/mol. The van der Waals surface area contributed by atoms with Crippen LogP contribution in [0.2, 0.25) is 0 Å². The van der Waals surface area contributed by atoms with Gasteiger partial charge in [0.15, 0.2) is 5.16 Å². The summed E-state index contributed by atoms with van der Waals surface area (Å²) in [5, 5.41) is 12.6. The Labute approximate surface area is 170 Å². The number of nitrogens with one attached hydrogen (secondary N) is 1. The van der Waals surface area contributed by atoms with Crippen LogP contribution in [-0.2, 0) is 22.5 Å². The Morgan fingerprint density at radius 3 is 2.71 bits per heavy atom. The molecule has 1 amide bonds. The van der Waals surface area contributed by atoms with E-state index in [1.54, 1.807) is 0 Å². The molecular weight excluding hydrogens is 374 g/mol. The minimum atomic E-state index is -0.0297. The van der Waals surface area contributed by atoms with Crippen molar-refractivity contribution in [1.29, 1.82) is 0 Å². The molecule has 1 aromatic heterocycles. The number of morpholine rings is 1. The fourth-order valence-electron chi connectivity index (χ4n) is 3.18. The summed E-state index contributed by atoms with van der Waals surface area (Å²) in [5.74, 6) is 1.60. The lowest BCUT2D eigenvalue weighted by atomic mass is 10.1. The SMILES string of the molecule is CCc1ccccc1NC(=O)CSc1nnc(N2CCOCC2)n1CC(C)C. The van der Waals surface area contributed by atoms with Gasteiger partial charge < -0.3 is 15.0 Å². The number of thioether (sulfide) groups is 1. The molecule has 28 heavy (non-hydrogen) atoms. The van der Waals surface area contributed by atoms with E-state index in [4.69, 9.17) is 4.74 Å². The molecule has 0 bridgehead atoms. The number of hydrogen-bond acceptors (Lipinski definition) is 6. The van der Waals surface area contributed by atoms with Crippen molar-refractivity contribution in [1.82, 2.24) is 14.8 Å². The van der Waals surface area contributed by atoms with Gasteiger partial charge in [0, 0.05) is 25.3 Å². The molecule has 1 saturated heterocycles. The van der Waals surface area contributed by atoms with E-state index in [-0.39, 0.29) is 5.91 Å². The summed E-state index contributed by atoms with van der Waals surface area (Å²) in [7, 11) is 0. The summed E-state index contributed by atoms with van der Waals surface area (Å²) in [6, 6.07) is 7.91. The summed E-state index contributed by atoms with van der Waals surface area (Å²) >= 11 is 1.43. The van der Waals surface area contributed by atoms with E-state index in [1.807, 2.05) is 24.3 Å². The highest BCUT2D eigenvalue weighted by atomic mass is 32.2. The molecule has 2 aromatic rings. The topological polar surface area (TPSA) is 72.3 Å². The number of anilines is 2. The van der Waals surface area contributed by atoms with Gasteiger partial charge in [-0.05, 0) is 24.0 Å². The molecule has 152 valence electrons. The Bertz CT molecular complexity index is 787. The van der Waals surface area contributed by atoms with E-state index in [2.05, 4.69) is 45.8 Å². The molecule has 8 heteroatoms. The molecule has 1 N–H and O–H groups in total. The molecule has 0 spiro atoms. The van der Waals surface area contributed by atoms with Gasteiger partial charge in [-0.3, -0.25) is 9.36 Å². The third-order valence-electron chi connectivity index (χ3n) is 4.54. The first-order valence-corrected chi connectivity index (χ1v) is 10.8. The van der Waals surface area contributed by atoms with Crippen LogP contribution in [0.5, 0.6) is 0 Å². The van der Waals surface area contributed by atoms with Crippen molar-refractivity contribution in [2.75, 3.05) is 42.3 Å². The molecule has 1 aromatic carbocycles. The highest BCUT2D eigenvalue weighted by Gasteiger charge is 2.21. The van der Waals surface area contributed by atoms with Crippen LogP contribution < -0.4 is 10.2 Å². The molecule has 1 aliphatic rings. The molecule has 1 fully saturated rings. The van der Waals surface area contributed by atoms with E-state index in [9.17, 15) is 4.79 Å². The molecule has 3 rings (SSSR count). The number of carbonyl (C=O) groups is 1. The van der Waals surface area contributed by atoms with E-state index >= 15 is 0 Å². The largest absolute Gasteiger partial charge is 0.378 e. The second-order valence-corrected chi connectivity index (χ2v) is 8.18. The zero-order valence-corrected chi connectivity index (χ0v) is 17.7. The zero-order valence-electron chi connectivity index (χ0n) is 16.9. The standard InChI is InChI=1S/C20H29N5O2S/c1-4-16-7-5-6-8-17(16)21-18(26)14-28-20-23-22-19(25(20)13-15(2)3)24-9-11-27-12-10-24/h5-8,15H,4,9-14H2,1-3H3,(H,21,26). The Hall–Kier alpha value is -2.06. The average molecular weight is 404 g/mol. The van der Waals surface area contributed by atoms with E-state index in [1.165, 1.54) is 11.8 Å². The normalized spacial score (nSPS) is 14.5. The first kappa shape index (κ1) is 20.7. The first-order chi connectivity index (χ1) is 13.6. The number of aryl methyl sites for hydroxylation is 1. The third-order valence-corrected chi connectivity index (χ3v) is 5.51. The van der Waals surface area contributed by atoms with Gasteiger partial charge in [-0.1, -0.05) is 50.7 Å². The Balaban J connectivity index is 1.67. The Morgan fingerprint density at radius 2 is 2.00 bits per heavy atom. The number of benzene rings is 1. The van der Waals surface area contributed by atoms with Gasteiger partial charge >= 0.3 is 0 Å². The number of nitrogens with zero attached hydrogens (tertiary/aromatic N) is 4. The number of hydrogen-bond donors (Lipinski definition) is 1. The molecular formula is C20H29N5O2S. The maximum Gasteiger partial charge on any atom is 0.234 e. The first-order valence-electron chi connectivity index (χ1n) is 9.85. The molecule has 7 nitrogen and oxygen atoms in total. The molecule has 1 aliphatic heterocycles. The van der Waals surface area contributed by atoms with Crippen LogP contribution >= 0.6 is 11.8 Å². The lowest BCUT2D eigenvalue weighted by molar-refractivity contribution is -0.113. The van der Waals surface area contributed by atoms with Crippen LogP contribution in [0, 0.1) is 5.92 Å². The Kier molecular flexibility index (Phi) is 7.33. The van der Waals surface area contributed by atoms with Crippen molar-refractivity contribution in [2.24, 2.45) is 5.92 Å². The van der Waals surface area contributed by atoms with Crippen LogP contribution in [0.25, 0.3) is 0 Å². The van der Waals surface area contributed by atoms with Crippen LogP contribution in [0.15, 0.2) is 29.4 Å². The van der Waals surface area contributed by atoms with Crippen LogP contribution in [0.4, 0.5) is 11.6 Å². The molecule has 0 saturated carbocycles. The molecule has 0 radical (unpaired) electrons. The number of para-hydroxylation sites is 1. The van der Waals surface area contributed by atoms with Crippen molar-refractivity contribution in [3.05, 3.63) is 29.8 Å². The predicted octanol–water partition coefficient (Wildman–Crippen LogP) is 3.06. The second kappa shape index (κ2) is 9.93. The smallest absolute Gasteiger partial charge is 0.234 e. The van der Waals surface area contributed by atoms with Crippen LogP contribution in [0.1, 0.15) is 26.3 Å². The lowest BCUT2D eigenvalue weighted by Crippen LogP contribution is -2.38. The van der Waals surface area contributed by atoms with Gasteiger partial charge in [-0.25, -0.2) is 0 Å². The van der Waals surface area contributed by atoms with Crippen molar-refractivity contribution in [3.8, 4) is 0 Å². The quantitative estimate of drug-likeness (QED) is 0.683. The number of carbonyl (C=O) groups excluding carboxylic acids is 1. The Morgan fingerprint density at radius 1 is 1.25 bits per heavy atom. The van der Waals surface area contributed by atoms with E-state index in [0.29, 0.717) is 24.9 Å². The maximum absolute atomic E-state index is 12.5. The maximum atomic E-state index is 12.5. The fourth-order valence-corrected chi connectivity index (χ4v) is 3.92. The van der Waals surface area contributed by atoms with Gasteiger partial charge in [0.25, 0.3) is 0 Å². The number of amides is 1. The highest BCUT2D eigenvalue weighted by molar-refractivity contribution is 7.99. The van der Waals surface area contributed by atoms with Crippen molar-refractivity contribution < 1.29 is 9.53 Å². The third kappa shape index (κ3) is 5.26. The van der Waals surface area contributed by atoms with Crippen molar-refractivity contribution in [2.45, 2.75) is 38.9 Å². The highest BCUT2D eigenvalue weighted by Crippen LogP contribution is 2.24. The van der Waals surface area contributed by atoms with Gasteiger partial charge in [-0.15, -0.1) is 10.2 Å². The molecule has 0 aliphatic carbocycles. The zero-order chi connectivity index (χ0) is 19.9. The average Bonchev–Trinajstić information content (AvgIpc) is 3.09.